The van der Waals surface area contributed by atoms with Gasteiger partial charge in [0.05, 0.1) is 13.2 Å². The number of hydrogen-bond donors (Lipinski definition) is 1. The first-order valence-electron chi connectivity index (χ1n) is 5.88. The lowest BCUT2D eigenvalue weighted by Crippen LogP contribution is -2.40. The standard InChI is InChI=1S/C13H18FNO2/c1-13(16-7-2-8-17-13)9-12(15)10-3-5-11(14)6-4-10/h3-6,12H,2,7-9,15H2,1H3. The van der Waals surface area contributed by atoms with Gasteiger partial charge >= 0.3 is 0 Å². The third kappa shape index (κ3) is 3.25. The molecule has 0 spiro atoms. The number of rotatable bonds is 3. The quantitative estimate of drug-likeness (QED) is 0.880. The van der Waals surface area contributed by atoms with Crippen LogP contribution >= 0.6 is 0 Å². The molecule has 94 valence electrons. The molecule has 1 unspecified atom stereocenters. The summed E-state index contributed by atoms with van der Waals surface area (Å²) in [6.45, 7) is 3.30. The number of halogens is 1. The Morgan fingerprint density at radius 1 is 1.29 bits per heavy atom. The topological polar surface area (TPSA) is 44.5 Å². The van der Waals surface area contributed by atoms with Crippen LogP contribution in [0.3, 0.4) is 0 Å². The molecule has 1 aromatic carbocycles. The number of nitrogens with two attached hydrogens (primary N) is 1. The van der Waals surface area contributed by atoms with Crippen molar-refractivity contribution in [2.45, 2.75) is 31.6 Å². The second kappa shape index (κ2) is 5.12. The maximum Gasteiger partial charge on any atom is 0.167 e. The summed E-state index contributed by atoms with van der Waals surface area (Å²) in [6, 6.07) is 6.03. The lowest BCUT2D eigenvalue weighted by atomic mass is 9.99. The molecule has 2 rings (SSSR count). The van der Waals surface area contributed by atoms with Gasteiger partial charge in [-0.15, -0.1) is 0 Å². The minimum Gasteiger partial charge on any atom is -0.350 e. The Morgan fingerprint density at radius 3 is 2.47 bits per heavy atom. The van der Waals surface area contributed by atoms with Gasteiger partial charge in [0.25, 0.3) is 0 Å². The summed E-state index contributed by atoms with van der Waals surface area (Å²) in [5, 5.41) is 0. The predicted molar refractivity (Wildman–Crippen MR) is 62.9 cm³/mol. The second-order valence-electron chi connectivity index (χ2n) is 4.55. The van der Waals surface area contributed by atoms with Crippen molar-refractivity contribution in [1.82, 2.24) is 0 Å². The summed E-state index contributed by atoms with van der Waals surface area (Å²) in [7, 11) is 0. The SMILES string of the molecule is CC1(CC(N)c2ccc(F)cc2)OCCCO1. The first-order chi connectivity index (χ1) is 8.09. The van der Waals surface area contributed by atoms with Crippen molar-refractivity contribution in [3.8, 4) is 0 Å². The van der Waals surface area contributed by atoms with E-state index in [1.165, 1.54) is 12.1 Å². The van der Waals surface area contributed by atoms with Crippen LogP contribution in [0.1, 0.15) is 31.4 Å². The van der Waals surface area contributed by atoms with Gasteiger partial charge < -0.3 is 15.2 Å². The number of benzene rings is 1. The van der Waals surface area contributed by atoms with E-state index in [-0.39, 0.29) is 11.9 Å². The van der Waals surface area contributed by atoms with Gasteiger partial charge in [0.2, 0.25) is 0 Å². The van der Waals surface area contributed by atoms with Crippen molar-refractivity contribution >= 4 is 0 Å². The van der Waals surface area contributed by atoms with Gasteiger partial charge in [-0.3, -0.25) is 0 Å². The van der Waals surface area contributed by atoms with E-state index in [1.54, 1.807) is 12.1 Å². The van der Waals surface area contributed by atoms with E-state index in [0.717, 1.165) is 12.0 Å². The fourth-order valence-electron chi connectivity index (χ4n) is 2.02. The third-order valence-electron chi connectivity index (χ3n) is 2.99. The Bertz CT molecular complexity index is 360. The van der Waals surface area contributed by atoms with Crippen molar-refractivity contribution in [3.63, 3.8) is 0 Å². The van der Waals surface area contributed by atoms with Crippen molar-refractivity contribution in [3.05, 3.63) is 35.6 Å². The molecule has 1 aromatic rings. The van der Waals surface area contributed by atoms with E-state index in [2.05, 4.69) is 0 Å². The van der Waals surface area contributed by atoms with E-state index < -0.39 is 5.79 Å². The van der Waals surface area contributed by atoms with Crippen LogP contribution < -0.4 is 5.73 Å². The van der Waals surface area contributed by atoms with Crippen molar-refractivity contribution in [1.29, 1.82) is 0 Å². The van der Waals surface area contributed by atoms with E-state index in [1.807, 2.05) is 6.92 Å². The van der Waals surface area contributed by atoms with Gasteiger partial charge in [-0.05, 0) is 31.0 Å². The zero-order valence-corrected chi connectivity index (χ0v) is 9.99. The molecule has 1 aliphatic heterocycles. The molecule has 2 N–H and O–H groups in total. The van der Waals surface area contributed by atoms with E-state index >= 15 is 0 Å². The third-order valence-corrected chi connectivity index (χ3v) is 2.99. The Hall–Kier alpha value is -0.970. The van der Waals surface area contributed by atoms with Crippen LogP contribution in [0.15, 0.2) is 24.3 Å². The minimum absolute atomic E-state index is 0.210. The van der Waals surface area contributed by atoms with Crippen molar-refractivity contribution in [2.75, 3.05) is 13.2 Å². The van der Waals surface area contributed by atoms with E-state index in [0.29, 0.717) is 19.6 Å². The molecule has 1 aliphatic rings. The van der Waals surface area contributed by atoms with E-state index in [4.69, 9.17) is 15.2 Å². The molecule has 1 atom stereocenters. The van der Waals surface area contributed by atoms with Gasteiger partial charge in [-0.2, -0.15) is 0 Å². The molecule has 0 aliphatic carbocycles. The molecule has 0 amide bonds. The lowest BCUT2D eigenvalue weighted by Gasteiger charge is -2.35. The lowest BCUT2D eigenvalue weighted by molar-refractivity contribution is -0.260. The van der Waals surface area contributed by atoms with Crippen LogP contribution in [0.5, 0.6) is 0 Å². The fourth-order valence-corrected chi connectivity index (χ4v) is 2.02. The summed E-state index contributed by atoms with van der Waals surface area (Å²) in [6.07, 6.45) is 1.49. The highest BCUT2D eigenvalue weighted by molar-refractivity contribution is 5.19. The van der Waals surface area contributed by atoms with E-state index in [9.17, 15) is 4.39 Å². The van der Waals surface area contributed by atoms with Gasteiger partial charge in [0.1, 0.15) is 5.82 Å². The first kappa shape index (κ1) is 12.5. The van der Waals surface area contributed by atoms with Crippen molar-refractivity contribution < 1.29 is 13.9 Å². The molecule has 0 aromatic heterocycles. The normalized spacial score (nSPS) is 21.1. The zero-order chi connectivity index (χ0) is 12.3. The Balaban J connectivity index is 2.00. The van der Waals surface area contributed by atoms with Gasteiger partial charge in [0, 0.05) is 12.5 Å². The molecule has 1 saturated heterocycles. The van der Waals surface area contributed by atoms with Gasteiger partial charge in [-0.1, -0.05) is 12.1 Å². The maximum atomic E-state index is 12.8. The van der Waals surface area contributed by atoms with Crippen LogP contribution in [0.4, 0.5) is 4.39 Å². The molecule has 0 radical (unpaired) electrons. The summed E-state index contributed by atoms with van der Waals surface area (Å²) in [5.74, 6) is -0.871. The molecule has 1 heterocycles. The molecule has 1 fully saturated rings. The van der Waals surface area contributed by atoms with Gasteiger partial charge in [-0.25, -0.2) is 4.39 Å². The molecule has 0 saturated carbocycles. The van der Waals surface area contributed by atoms with Crippen molar-refractivity contribution in [2.24, 2.45) is 5.73 Å². The summed E-state index contributed by atoms with van der Waals surface area (Å²) in [5.41, 5.74) is 6.97. The highest BCUT2D eigenvalue weighted by atomic mass is 19.1. The van der Waals surface area contributed by atoms with Crippen LogP contribution in [-0.4, -0.2) is 19.0 Å². The summed E-state index contributed by atoms with van der Waals surface area (Å²) < 4.78 is 24.0. The Labute approximate surface area is 101 Å². The largest absolute Gasteiger partial charge is 0.350 e. The average molecular weight is 239 g/mol. The fraction of sp³-hybridized carbons (Fsp3) is 0.538. The summed E-state index contributed by atoms with van der Waals surface area (Å²) in [4.78, 5) is 0. The monoisotopic (exact) mass is 239 g/mol. The second-order valence-corrected chi connectivity index (χ2v) is 4.55. The highest BCUT2D eigenvalue weighted by Crippen LogP contribution is 2.28. The minimum atomic E-state index is -0.619. The molecular weight excluding hydrogens is 221 g/mol. The van der Waals surface area contributed by atoms with Crippen LogP contribution in [0, 0.1) is 5.82 Å². The Morgan fingerprint density at radius 2 is 1.88 bits per heavy atom. The molecule has 3 nitrogen and oxygen atoms in total. The van der Waals surface area contributed by atoms with Crippen LogP contribution in [0.2, 0.25) is 0 Å². The summed E-state index contributed by atoms with van der Waals surface area (Å²) >= 11 is 0. The Kier molecular flexibility index (Phi) is 3.76. The van der Waals surface area contributed by atoms with Crippen LogP contribution in [-0.2, 0) is 9.47 Å². The first-order valence-corrected chi connectivity index (χ1v) is 5.88. The molecular formula is C13H18FNO2. The average Bonchev–Trinajstić information content (AvgIpc) is 2.30. The molecule has 4 heteroatoms. The molecule has 17 heavy (non-hydrogen) atoms. The zero-order valence-electron chi connectivity index (χ0n) is 9.99. The smallest absolute Gasteiger partial charge is 0.167 e. The maximum absolute atomic E-state index is 12.8. The van der Waals surface area contributed by atoms with Gasteiger partial charge in [0.15, 0.2) is 5.79 Å². The number of ether oxygens (including phenoxy) is 2. The highest BCUT2D eigenvalue weighted by Gasteiger charge is 2.31. The molecule has 0 bridgehead atoms. The van der Waals surface area contributed by atoms with Crippen LogP contribution in [0.25, 0.3) is 0 Å². The predicted octanol–water partition coefficient (Wildman–Crippen LogP) is 2.37. The number of hydrogen-bond acceptors (Lipinski definition) is 3.